The van der Waals surface area contributed by atoms with E-state index in [0.29, 0.717) is 23.7 Å². The third-order valence-corrected chi connectivity index (χ3v) is 4.11. The first kappa shape index (κ1) is 13.9. The summed E-state index contributed by atoms with van der Waals surface area (Å²) in [6, 6.07) is 7.13. The molecule has 21 heavy (non-hydrogen) atoms. The first-order chi connectivity index (χ1) is 10.0. The maximum Gasteiger partial charge on any atom is 0.308 e. The molecule has 2 heterocycles. The molecule has 110 valence electrons. The second-order valence-electron chi connectivity index (χ2n) is 5.34. The molecule has 1 atom stereocenters. The highest BCUT2D eigenvalue weighted by Crippen LogP contribution is 2.23. The van der Waals surface area contributed by atoms with E-state index in [1.165, 1.54) is 0 Å². The van der Waals surface area contributed by atoms with Crippen molar-refractivity contribution in [1.29, 1.82) is 0 Å². The van der Waals surface area contributed by atoms with Crippen LogP contribution in [0.25, 0.3) is 10.9 Å². The minimum Gasteiger partial charge on any atom is -0.481 e. The number of rotatable bonds is 2. The summed E-state index contributed by atoms with van der Waals surface area (Å²) in [5, 5.41) is 10.6. The van der Waals surface area contributed by atoms with E-state index >= 15 is 0 Å². The number of carboxylic acids is 1. The Morgan fingerprint density at radius 3 is 2.90 bits per heavy atom. The number of carbonyl (C=O) groups excluding carboxylic acids is 1. The van der Waals surface area contributed by atoms with Gasteiger partial charge >= 0.3 is 5.97 Å². The molecule has 1 aromatic carbocycles. The monoisotopic (exact) mass is 306 g/mol. The summed E-state index contributed by atoms with van der Waals surface area (Å²) in [7, 11) is 0. The van der Waals surface area contributed by atoms with Gasteiger partial charge in [0.15, 0.2) is 0 Å². The summed E-state index contributed by atoms with van der Waals surface area (Å²) < 4.78 is 0. The molecule has 1 aliphatic rings. The Balaban J connectivity index is 1.84. The Labute approximate surface area is 126 Å². The van der Waals surface area contributed by atoms with Gasteiger partial charge in [-0.2, -0.15) is 0 Å². The smallest absolute Gasteiger partial charge is 0.308 e. The van der Waals surface area contributed by atoms with E-state index in [9.17, 15) is 9.59 Å². The van der Waals surface area contributed by atoms with Crippen LogP contribution in [0, 0.1) is 5.92 Å². The van der Waals surface area contributed by atoms with E-state index in [1.54, 1.807) is 23.1 Å². The number of carboxylic acid groups (broad SMARTS) is 1. The van der Waals surface area contributed by atoms with Crippen LogP contribution in [0.2, 0.25) is 5.02 Å². The van der Waals surface area contributed by atoms with Crippen LogP contribution in [0.4, 0.5) is 0 Å². The van der Waals surface area contributed by atoms with Crippen molar-refractivity contribution in [1.82, 2.24) is 9.88 Å². The molecular weight excluding hydrogens is 292 g/mol. The number of aromatic amines is 1. The first-order valence-electron chi connectivity index (χ1n) is 6.85. The number of aliphatic carboxylic acids is 1. The molecule has 2 aromatic rings. The van der Waals surface area contributed by atoms with Gasteiger partial charge in [0.05, 0.1) is 5.92 Å². The molecule has 0 bridgehead atoms. The first-order valence-corrected chi connectivity index (χ1v) is 7.23. The van der Waals surface area contributed by atoms with Gasteiger partial charge in [0.2, 0.25) is 0 Å². The van der Waals surface area contributed by atoms with Crippen LogP contribution in [0.5, 0.6) is 0 Å². The van der Waals surface area contributed by atoms with Gasteiger partial charge < -0.3 is 15.0 Å². The van der Waals surface area contributed by atoms with Crippen molar-refractivity contribution in [2.75, 3.05) is 13.1 Å². The average Bonchev–Trinajstić information content (AvgIpc) is 2.89. The Bertz CT molecular complexity index is 710. The SMILES string of the molecule is O=C(O)[C@@H]1CCCN(C(=O)c2cc3cc(Cl)ccc3[nH]2)C1. The van der Waals surface area contributed by atoms with E-state index in [0.717, 1.165) is 17.3 Å². The molecule has 1 aliphatic heterocycles. The highest BCUT2D eigenvalue weighted by atomic mass is 35.5. The predicted octanol–water partition coefficient (Wildman–Crippen LogP) is 2.76. The molecule has 0 saturated carbocycles. The Morgan fingerprint density at radius 2 is 2.14 bits per heavy atom. The number of hydrogen-bond acceptors (Lipinski definition) is 2. The average molecular weight is 307 g/mol. The molecule has 1 fully saturated rings. The fourth-order valence-corrected chi connectivity index (χ4v) is 2.93. The Morgan fingerprint density at radius 1 is 1.33 bits per heavy atom. The lowest BCUT2D eigenvalue weighted by molar-refractivity contribution is -0.143. The van der Waals surface area contributed by atoms with E-state index < -0.39 is 11.9 Å². The van der Waals surface area contributed by atoms with Crippen molar-refractivity contribution in [2.45, 2.75) is 12.8 Å². The number of nitrogens with one attached hydrogen (secondary N) is 1. The van der Waals surface area contributed by atoms with Crippen LogP contribution < -0.4 is 0 Å². The highest BCUT2D eigenvalue weighted by Gasteiger charge is 2.29. The van der Waals surface area contributed by atoms with Gasteiger partial charge in [-0.3, -0.25) is 9.59 Å². The molecule has 6 heteroatoms. The molecule has 1 saturated heterocycles. The number of fused-ring (bicyclic) bond motifs is 1. The number of nitrogens with zero attached hydrogens (tertiary/aromatic N) is 1. The van der Waals surface area contributed by atoms with Crippen LogP contribution in [-0.2, 0) is 4.79 Å². The van der Waals surface area contributed by atoms with E-state index in [1.807, 2.05) is 6.07 Å². The second-order valence-corrected chi connectivity index (χ2v) is 5.78. The van der Waals surface area contributed by atoms with Crippen LogP contribution in [0.1, 0.15) is 23.3 Å². The number of hydrogen-bond donors (Lipinski definition) is 2. The Hall–Kier alpha value is -2.01. The fraction of sp³-hybridized carbons (Fsp3) is 0.333. The summed E-state index contributed by atoms with van der Waals surface area (Å²) in [4.78, 5) is 28.2. The van der Waals surface area contributed by atoms with Gasteiger partial charge in [-0.25, -0.2) is 0 Å². The molecule has 1 amide bonds. The third kappa shape index (κ3) is 2.74. The van der Waals surface area contributed by atoms with Crippen molar-refractivity contribution in [2.24, 2.45) is 5.92 Å². The van der Waals surface area contributed by atoms with Crippen molar-refractivity contribution >= 4 is 34.4 Å². The number of piperidine rings is 1. The zero-order valence-corrected chi connectivity index (χ0v) is 12.1. The van der Waals surface area contributed by atoms with Crippen molar-refractivity contribution in [3.05, 3.63) is 35.0 Å². The lowest BCUT2D eigenvalue weighted by atomic mass is 9.98. The number of benzene rings is 1. The topological polar surface area (TPSA) is 73.4 Å². The minimum atomic E-state index is -0.837. The number of aromatic nitrogens is 1. The van der Waals surface area contributed by atoms with Gasteiger partial charge in [0.1, 0.15) is 5.69 Å². The van der Waals surface area contributed by atoms with Gasteiger partial charge in [-0.05, 0) is 37.1 Å². The molecule has 5 nitrogen and oxygen atoms in total. The number of likely N-dealkylation sites (tertiary alicyclic amines) is 1. The maximum absolute atomic E-state index is 12.5. The summed E-state index contributed by atoms with van der Waals surface area (Å²) in [5.41, 5.74) is 1.31. The summed E-state index contributed by atoms with van der Waals surface area (Å²) in [5.74, 6) is -1.47. The molecule has 0 radical (unpaired) electrons. The van der Waals surface area contributed by atoms with Crippen molar-refractivity contribution in [3.63, 3.8) is 0 Å². The zero-order chi connectivity index (χ0) is 15.0. The largest absolute Gasteiger partial charge is 0.481 e. The summed E-state index contributed by atoms with van der Waals surface area (Å²) >= 11 is 5.94. The van der Waals surface area contributed by atoms with E-state index in [-0.39, 0.29) is 12.5 Å². The van der Waals surface area contributed by atoms with E-state index in [2.05, 4.69) is 4.98 Å². The fourth-order valence-electron chi connectivity index (χ4n) is 2.75. The van der Waals surface area contributed by atoms with Crippen LogP contribution in [0.3, 0.4) is 0 Å². The quantitative estimate of drug-likeness (QED) is 0.896. The number of halogens is 1. The predicted molar refractivity (Wildman–Crippen MR) is 79.6 cm³/mol. The number of H-pyrrole nitrogens is 1. The Kier molecular flexibility index (Phi) is 3.59. The molecule has 1 aromatic heterocycles. The minimum absolute atomic E-state index is 0.159. The molecule has 2 N–H and O–H groups in total. The lowest BCUT2D eigenvalue weighted by Gasteiger charge is -2.30. The van der Waals surface area contributed by atoms with Crippen LogP contribution in [0.15, 0.2) is 24.3 Å². The van der Waals surface area contributed by atoms with Crippen molar-refractivity contribution < 1.29 is 14.7 Å². The van der Waals surface area contributed by atoms with Crippen LogP contribution in [-0.4, -0.2) is 40.0 Å². The molecular formula is C15H15ClN2O3. The summed E-state index contributed by atoms with van der Waals surface area (Å²) in [6.45, 7) is 0.864. The van der Waals surface area contributed by atoms with Gasteiger partial charge in [-0.1, -0.05) is 11.6 Å². The lowest BCUT2D eigenvalue weighted by Crippen LogP contribution is -2.42. The molecule has 3 rings (SSSR count). The standard InChI is InChI=1S/C15H15ClN2O3/c16-11-3-4-12-10(6-11)7-13(17-12)14(19)18-5-1-2-9(8-18)15(20)21/h3-4,6-7,9,17H,1-2,5,8H2,(H,20,21)/t9-/m1/s1. The van der Waals surface area contributed by atoms with Crippen LogP contribution >= 0.6 is 11.6 Å². The van der Waals surface area contributed by atoms with Gasteiger partial charge in [0, 0.05) is 29.0 Å². The highest BCUT2D eigenvalue weighted by molar-refractivity contribution is 6.31. The van der Waals surface area contributed by atoms with Gasteiger partial charge in [-0.15, -0.1) is 0 Å². The second kappa shape index (κ2) is 5.41. The molecule has 0 aliphatic carbocycles. The molecule has 0 spiro atoms. The summed E-state index contributed by atoms with van der Waals surface area (Å²) in [6.07, 6.45) is 1.34. The molecule has 0 unspecified atom stereocenters. The number of carbonyl (C=O) groups is 2. The van der Waals surface area contributed by atoms with E-state index in [4.69, 9.17) is 16.7 Å². The zero-order valence-electron chi connectivity index (χ0n) is 11.3. The normalized spacial score (nSPS) is 18.9. The third-order valence-electron chi connectivity index (χ3n) is 3.87. The maximum atomic E-state index is 12.5. The van der Waals surface area contributed by atoms with Gasteiger partial charge in [0.25, 0.3) is 5.91 Å². The van der Waals surface area contributed by atoms with Crippen molar-refractivity contribution in [3.8, 4) is 0 Å². The number of amides is 1.